The molecule has 1 heterocycles. The number of benzene rings is 2. The molecule has 0 spiro atoms. The lowest BCUT2D eigenvalue weighted by Crippen LogP contribution is -2.43. The van der Waals surface area contributed by atoms with E-state index in [1.165, 1.54) is 15.4 Å². The number of carbonyl (C=O) groups is 1. The number of nitrogens with zero attached hydrogens (tertiary/aromatic N) is 1. The summed E-state index contributed by atoms with van der Waals surface area (Å²) in [5.41, 5.74) is 5.30. The third-order valence-corrected chi connectivity index (χ3v) is 8.85. The van der Waals surface area contributed by atoms with Gasteiger partial charge in [-0.25, -0.2) is 12.7 Å². The summed E-state index contributed by atoms with van der Waals surface area (Å²) in [5.74, 6) is -0.346. The van der Waals surface area contributed by atoms with Crippen molar-refractivity contribution < 1.29 is 13.2 Å². The van der Waals surface area contributed by atoms with Crippen molar-refractivity contribution in [3.63, 3.8) is 0 Å². The first kappa shape index (κ1) is 25.0. The van der Waals surface area contributed by atoms with Gasteiger partial charge in [0.25, 0.3) is 0 Å². The molecule has 2 aromatic rings. The fraction of sp³-hybridized carbons (Fsp3) is 0.458. The first-order valence-electron chi connectivity index (χ1n) is 10.8. The van der Waals surface area contributed by atoms with Crippen LogP contribution in [0.4, 0.5) is 0 Å². The van der Waals surface area contributed by atoms with E-state index in [1.807, 2.05) is 6.92 Å². The Labute approximate surface area is 201 Å². The number of amides is 1. The molecule has 2 aromatic carbocycles. The van der Waals surface area contributed by atoms with Gasteiger partial charge in [0.2, 0.25) is 15.9 Å². The molecule has 32 heavy (non-hydrogen) atoms. The average molecular weight is 497 g/mol. The van der Waals surface area contributed by atoms with Crippen molar-refractivity contribution in [2.24, 2.45) is 5.92 Å². The van der Waals surface area contributed by atoms with Gasteiger partial charge in [0.05, 0.1) is 21.8 Å². The number of aryl methyl sites for hydroxylation is 3. The van der Waals surface area contributed by atoms with Crippen LogP contribution in [0.3, 0.4) is 0 Å². The maximum Gasteiger partial charge on any atom is 0.223 e. The first-order valence-corrected chi connectivity index (χ1v) is 13.1. The van der Waals surface area contributed by atoms with Gasteiger partial charge in [-0.05, 0) is 80.5 Å². The number of sulfonamides is 1. The number of hydrogen-bond donors (Lipinski definition) is 1. The van der Waals surface area contributed by atoms with Gasteiger partial charge in [0.15, 0.2) is 0 Å². The van der Waals surface area contributed by atoms with Gasteiger partial charge in [-0.3, -0.25) is 4.79 Å². The molecule has 0 saturated carbocycles. The molecule has 1 aliphatic heterocycles. The zero-order valence-corrected chi connectivity index (χ0v) is 21.2. The second kappa shape index (κ2) is 10.1. The summed E-state index contributed by atoms with van der Waals surface area (Å²) in [6.07, 6.45) is 1.01. The van der Waals surface area contributed by atoms with Crippen molar-refractivity contribution in [2.75, 3.05) is 13.1 Å². The van der Waals surface area contributed by atoms with Crippen LogP contribution < -0.4 is 5.32 Å². The van der Waals surface area contributed by atoms with E-state index in [1.54, 1.807) is 18.2 Å². The summed E-state index contributed by atoms with van der Waals surface area (Å²) in [6.45, 7) is 8.87. The van der Waals surface area contributed by atoms with Crippen molar-refractivity contribution in [2.45, 2.75) is 52.3 Å². The van der Waals surface area contributed by atoms with Crippen LogP contribution in [0.15, 0.2) is 30.3 Å². The van der Waals surface area contributed by atoms with E-state index in [-0.39, 0.29) is 23.6 Å². The summed E-state index contributed by atoms with van der Waals surface area (Å²) in [4.78, 5) is 12.9. The van der Waals surface area contributed by atoms with Crippen LogP contribution in [0.25, 0.3) is 0 Å². The van der Waals surface area contributed by atoms with Gasteiger partial charge in [-0.1, -0.05) is 41.4 Å². The first-order chi connectivity index (χ1) is 15.0. The predicted octanol–water partition coefficient (Wildman–Crippen LogP) is 5.34. The summed E-state index contributed by atoms with van der Waals surface area (Å²) < 4.78 is 27.1. The molecular formula is C24H30Cl2N2O3S. The van der Waals surface area contributed by atoms with E-state index in [4.69, 9.17) is 23.2 Å². The smallest absolute Gasteiger partial charge is 0.223 e. The molecule has 5 nitrogen and oxygen atoms in total. The van der Waals surface area contributed by atoms with E-state index in [0.29, 0.717) is 41.5 Å². The number of rotatable bonds is 6. The maximum absolute atomic E-state index is 12.9. The summed E-state index contributed by atoms with van der Waals surface area (Å²) in [6, 6.07) is 9.03. The van der Waals surface area contributed by atoms with Crippen LogP contribution in [0.2, 0.25) is 10.0 Å². The van der Waals surface area contributed by atoms with E-state index >= 15 is 0 Å². The van der Waals surface area contributed by atoms with Crippen molar-refractivity contribution >= 4 is 39.1 Å². The van der Waals surface area contributed by atoms with E-state index in [9.17, 15) is 13.2 Å². The average Bonchev–Trinajstić information content (AvgIpc) is 2.73. The predicted molar refractivity (Wildman–Crippen MR) is 131 cm³/mol. The molecule has 3 rings (SSSR count). The zero-order valence-electron chi connectivity index (χ0n) is 18.9. The molecule has 8 heteroatoms. The SMILES string of the molecule is Cc1cc(C)c([C@H](C)NC(=O)C2CCN(S(=O)(=O)Cc3ccc(Cl)c(Cl)c3)CC2)cc1C. The molecule has 1 atom stereocenters. The Kier molecular flexibility index (Phi) is 7.92. The largest absolute Gasteiger partial charge is 0.349 e. The molecular weight excluding hydrogens is 467 g/mol. The molecule has 1 aliphatic rings. The normalized spacial score (nSPS) is 16.7. The Morgan fingerprint density at radius 2 is 1.66 bits per heavy atom. The second-order valence-electron chi connectivity index (χ2n) is 8.70. The Bertz CT molecular complexity index is 1110. The maximum atomic E-state index is 12.9. The van der Waals surface area contributed by atoms with Crippen LogP contribution in [0.1, 0.15) is 53.6 Å². The van der Waals surface area contributed by atoms with Crippen molar-refractivity contribution in [1.29, 1.82) is 0 Å². The number of piperidine rings is 1. The molecule has 174 valence electrons. The van der Waals surface area contributed by atoms with Gasteiger partial charge in [-0.15, -0.1) is 0 Å². The Hall–Kier alpha value is -1.60. The van der Waals surface area contributed by atoms with Crippen LogP contribution in [-0.4, -0.2) is 31.7 Å². The van der Waals surface area contributed by atoms with Crippen molar-refractivity contribution in [3.05, 3.63) is 68.2 Å². The number of halogens is 2. The number of carbonyl (C=O) groups excluding carboxylic acids is 1. The van der Waals surface area contributed by atoms with Crippen LogP contribution in [-0.2, 0) is 20.6 Å². The van der Waals surface area contributed by atoms with Gasteiger partial charge < -0.3 is 5.32 Å². The molecule has 0 unspecified atom stereocenters. The van der Waals surface area contributed by atoms with Crippen LogP contribution in [0.5, 0.6) is 0 Å². The lowest BCUT2D eigenvalue weighted by atomic mass is 9.94. The molecule has 1 saturated heterocycles. The fourth-order valence-corrected chi connectivity index (χ4v) is 6.06. The Morgan fingerprint density at radius 1 is 1.03 bits per heavy atom. The van der Waals surface area contributed by atoms with Crippen LogP contribution >= 0.6 is 23.2 Å². The quantitative estimate of drug-likeness (QED) is 0.586. The standard InChI is InChI=1S/C24H30Cl2N2O3S/c1-15-11-17(3)21(12-16(15)2)18(4)27-24(29)20-7-9-28(10-8-20)32(30,31)14-19-5-6-22(25)23(26)13-19/h5-6,11-13,18,20H,7-10,14H2,1-4H3,(H,27,29)/t18-/m0/s1. The molecule has 1 N–H and O–H groups in total. The third kappa shape index (κ3) is 5.84. The zero-order chi connectivity index (χ0) is 23.6. The molecule has 0 bridgehead atoms. The van der Waals surface area contributed by atoms with E-state index < -0.39 is 10.0 Å². The van der Waals surface area contributed by atoms with Gasteiger partial charge >= 0.3 is 0 Å². The van der Waals surface area contributed by atoms with Crippen molar-refractivity contribution in [3.8, 4) is 0 Å². The van der Waals surface area contributed by atoms with E-state index in [2.05, 4.69) is 38.2 Å². The molecule has 1 amide bonds. The third-order valence-electron chi connectivity index (χ3n) is 6.26. The lowest BCUT2D eigenvalue weighted by Gasteiger charge is -2.31. The van der Waals surface area contributed by atoms with Crippen molar-refractivity contribution in [1.82, 2.24) is 9.62 Å². The minimum atomic E-state index is -3.50. The monoisotopic (exact) mass is 496 g/mol. The Morgan fingerprint density at radius 3 is 2.28 bits per heavy atom. The lowest BCUT2D eigenvalue weighted by molar-refractivity contribution is -0.126. The highest BCUT2D eigenvalue weighted by atomic mass is 35.5. The van der Waals surface area contributed by atoms with E-state index in [0.717, 1.165) is 11.1 Å². The van der Waals surface area contributed by atoms with Gasteiger partial charge in [-0.2, -0.15) is 0 Å². The minimum absolute atomic E-state index is 0.0170. The summed E-state index contributed by atoms with van der Waals surface area (Å²) in [7, 11) is -3.50. The van der Waals surface area contributed by atoms with Crippen LogP contribution in [0, 0.1) is 26.7 Å². The summed E-state index contributed by atoms with van der Waals surface area (Å²) >= 11 is 11.9. The Balaban J connectivity index is 1.58. The molecule has 1 fully saturated rings. The molecule has 0 radical (unpaired) electrons. The van der Waals surface area contributed by atoms with Gasteiger partial charge in [0.1, 0.15) is 0 Å². The highest BCUT2D eigenvalue weighted by Crippen LogP contribution is 2.27. The highest BCUT2D eigenvalue weighted by molar-refractivity contribution is 7.88. The minimum Gasteiger partial charge on any atom is -0.349 e. The second-order valence-corrected chi connectivity index (χ2v) is 11.5. The molecule has 0 aromatic heterocycles. The topological polar surface area (TPSA) is 66.5 Å². The number of hydrogen-bond acceptors (Lipinski definition) is 3. The highest BCUT2D eigenvalue weighted by Gasteiger charge is 2.31. The van der Waals surface area contributed by atoms with Gasteiger partial charge in [0, 0.05) is 19.0 Å². The summed E-state index contributed by atoms with van der Waals surface area (Å²) in [5, 5.41) is 3.85. The molecule has 0 aliphatic carbocycles. The fourth-order valence-electron chi connectivity index (χ4n) is 4.19. The number of nitrogens with one attached hydrogen (secondary N) is 1.